The van der Waals surface area contributed by atoms with Crippen LogP contribution in [0.3, 0.4) is 0 Å². The number of methoxy groups -OCH3 is 1. The standard InChI is InChI=1S/C20H24N6O3/c1-24-17-8-9-25(18(27)13-29-11-10-28-2)12-16(17)19(23-24)20-22-21-14-26(20)15-6-4-3-5-7-15/h3-7,14H,8-13H2,1-2H3. The van der Waals surface area contributed by atoms with Crippen molar-refractivity contribution in [1.29, 1.82) is 0 Å². The molecule has 0 radical (unpaired) electrons. The van der Waals surface area contributed by atoms with E-state index in [1.54, 1.807) is 13.4 Å². The van der Waals surface area contributed by atoms with Crippen LogP contribution in [0.25, 0.3) is 17.2 Å². The lowest BCUT2D eigenvalue weighted by atomic mass is 10.0. The lowest BCUT2D eigenvalue weighted by Gasteiger charge is -2.27. The molecule has 1 aliphatic heterocycles. The topological polar surface area (TPSA) is 87.3 Å². The number of carbonyl (C=O) groups excluding carboxylic acids is 1. The summed E-state index contributed by atoms with van der Waals surface area (Å²) in [4.78, 5) is 14.4. The number of rotatable bonds is 7. The lowest BCUT2D eigenvalue weighted by molar-refractivity contribution is -0.137. The van der Waals surface area contributed by atoms with Gasteiger partial charge in [-0.1, -0.05) is 18.2 Å². The number of carbonyl (C=O) groups is 1. The quantitative estimate of drug-likeness (QED) is 0.558. The normalized spacial score (nSPS) is 13.5. The molecule has 1 aliphatic rings. The van der Waals surface area contributed by atoms with Crippen molar-refractivity contribution in [3.63, 3.8) is 0 Å². The molecule has 152 valence electrons. The molecule has 0 fully saturated rings. The maximum atomic E-state index is 12.6. The highest BCUT2D eigenvalue weighted by Gasteiger charge is 2.29. The summed E-state index contributed by atoms with van der Waals surface area (Å²) in [6, 6.07) is 9.90. The van der Waals surface area contributed by atoms with Crippen molar-refractivity contribution in [2.24, 2.45) is 7.05 Å². The maximum absolute atomic E-state index is 12.6. The second-order valence-corrected chi connectivity index (χ2v) is 6.87. The number of hydrogen-bond donors (Lipinski definition) is 0. The van der Waals surface area contributed by atoms with E-state index in [4.69, 9.17) is 14.6 Å². The minimum atomic E-state index is -0.0360. The van der Waals surface area contributed by atoms with Crippen LogP contribution in [0.5, 0.6) is 0 Å². The van der Waals surface area contributed by atoms with Gasteiger partial charge < -0.3 is 14.4 Å². The van der Waals surface area contributed by atoms with Gasteiger partial charge in [0.15, 0.2) is 5.82 Å². The molecule has 4 rings (SSSR count). The molecule has 0 aliphatic carbocycles. The molecule has 9 heteroatoms. The van der Waals surface area contributed by atoms with E-state index in [1.165, 1.54) is 0 Å². The Bertz CT molecular complexity index is 982. The van der Waals surface area contributed by atoms with Crippen LogP contribution in [0, 0.1) is 0 Å². The molecule has 29 heavy (non-hydrogen) atoms. The second-order valence-electron chi connectivity index (χ2n) is 6.87. The molecule has 0 saturated carbocycles. The third-order valence-corrected chi connectivity index (χ3v) is 5.05. The average molecular weight is 396 g/mol. The molecule has 1 amide bonds. The van der Waals surface area contributed by atoms with Crippen LogP contribution >= 0.6 is 0 Å². The lowest BCUT2D eigenvalue weighted by Crippen LogP contribution is -2.38. The Hall–Kier alpha value is -3.04. The Morgan fingerprint density at radius 3 is 2.83 bits per heavy atom. The largest absolute Gasteiger partial charge is 0.382 e. The van der Waals surface area contributed by atoms with Crippen molar-refractivity contribution in [3.05, 3.63) is 47.9 Å². The summed E-state index contributed by atoms with van der Waals surface area (Å²) in [5, 5.41) is 13.1. The number of fused-ring (bicyclic) bond motifs is 1. The number of ether oxygens (including phenoxy) is 2. The van der Waals surface area contributed by atoms with Crippen molar-refractivity contribution in [2.75, 3.05) is 33.5 Å². The summed E-state index contributed by atoms with van der Waals surface area (Å²) in [5.74, 6) is 0.629. The van der Waals surface area contributed by atoms with E-state index in [2.05, 4.69) is 10.2 Å². The number of para-hydroxylation sites is 1. The number of amides is 1. The third-order valence-electron chi connectivity index (χ3n) is 5.05. The summed E-state index contributed by atoms with van der Waals surface area (Å²) in [6.07, 6.45) is 2.42. The van der Waals surface area contributed by atoms with Gasteiger partial charge in [0, 0.05) is 50.6 Å². The number of nitrogens with zero attached hydrogens (tertiary/aromatic N) is 6. The zero-order valence-electron chi connectivity index (χ0n) is 16.6. The molecule has 0 N–H and O–H groups in total. The van der Waals surface area contributed by atoms with E-state index < -0.39 is 0 Å². The van der Waals surface area contributed by atoms with Crippen molar-refractivity contribution >= 4 is 5.91 Å². The Labute approximate surface area is 168 Å². The molecular formula is C20H24N6O3. The summed E-state index contributed by atoms with van der Waals surface area (Å²) in [7, 11) is 3.53. The summed E-state index contributed by atoms with van der Waals surface area (Å²) in [6.45, 7) is 2.05. The molecule has 3 heterocycles. The maximum Gasteiger partial charge on any atom is 0.248 e. The fourth-order valence-corrected chi connectivity index (χ4v) is 3.55. The van der Waals surface area contributed by atoms with Gasteiger partial charge in [0.1, 0.15) is 18.6 Å². The van der Waals surface area contributed by atoms with Crippen LogP contribution in [0.15, 0.2) is 36.7 Å². The predicted octanol–water partition coefficient (Wildman–Crippen LogP) is 1.22. The molecule has 0 spiro atoms. The summed E-state index contributed by atoms with van der Waals surface area (Å²) in [5.41, 5.74) is 3.84. The molecule has 0 bridgehead atoms. The third kappa shape index (κ3) is 3.92. The van der Waals surface area contributed by atoms with Gasteiger partial charge in [-0.3, -0.25) is 14.0 Å². The van der Waals surface area contributed by atoms with Crippen LogP contribution in [0.2, 0.25) is 0 Å². The van der Waals surface area contributed by atoms with Crippen molar-refractivity contribution < 1.29 is 14.3 Å². The Balaban J connectivity index is 1.59. The molecule has 0 atom stereocenters. The van der Waals surface area contributed by atoms with E-state index in [0.717, 1.165) is 29.1 Å². The van der Waals surface area contributed by atoms with Crippen molar-refractivity contribution in [2.45, 2.75) is 13.0 Å². The first-order chi connectivity index (χ1) is 14.2. The van der Waals surface area contributed by atoms with Gasteiger partial charge in [-0.25, -0.2) is 0 Å². The Morgan fingerprint density at radius 1 is 1.21 bits per heavy atom. The van der Waals surface area contributed by atoms with Gasteiger partial charge in [0.05, 0.1) is 13.2 Å². The Morgan fingerprint density at radius 2 is 2.03 bits per heavy atom. The number of hydrogen-bond acceptors (Lipinski definition) is 6. The zero-order chi connectivity index (χ0) is 20.2. The van der Waals surface area contributed by atoms with Gasteiger partial charge in [-0.05, 0) is 12.1 Å². The molecule has 0 saturated heterocycles. The predicted molar refractivity (Wildman–Crippen MR) is 105 cm³/mol. The van der Waals surface area contributed by atoms with Gasteiger partial charge in [-0.2, -0.15) is 5.10 Å². The van der Waals surface area contributed by atoms with Gasteiger partial charge >= 0.3 is 0 Å². The van der Waals surface area contributed by atoms with Crippen LogP contribution in [-0.4, -0.2) is 68.8 Å². The number of benzene rings is 1. The Kier molecular flexibility index (Phi) is 5.68. The minimum Gasteiger partial charge on any atom is -0.382 e. The highest BCUT2D eigenvalue weighted by atomic mass is 16.5. The van der Waals surface area contributed by atoms with E-state index >= 15 is 0 Å². The molecule has 1 aromatic carbocycles. The van der Waals surface area contributed by atoms with Crippen LogP contribution < -0.4 is 0 Å². The number of aromatic nitrogens is 5. The van der Waals surface area contributed by atoms with Crippen molar-refractivity contribution in [3.8, 4) is 17.2 Å². The summed E-state index contributed by atoms with van der Waals surface area (Å²) < 4.78 is 14.1. The van der Waals surface area contributed by atoms with E-state index in [1.807, 2.05) is 51.5 Å². The van der Waals surface area contributed by atoms with Crippen LogP contribution in [0.1, 0.15) is 11.3 Å². The van der Waals surface area contributed by atoms with Gasteiger partial charge in [0.25, 0.3) is 0 Å². The number of aryl methyl sites for hydroxylation is 1. The van der Waals surface area contributed by atoms with E-state index in [0.29, 0.717) is 32.1 Å². The minimum absolute atomic E-state index is 0.0360. The van der Waals surface area contributed by atoms with Crippen molar-refractivity contribution in [1.82, 2.24) is 29.4 Å². The fourth-order valence-electron chi connectivity index (χ4n) is 3.55. The van der Waals surface area contributed by atoms with Crippen LogP contribution in [0.4, 0.5) is 0 Å². The molecule has 3 aromatic rings. The monoisotopic (exact) mass is 396 g/mol. The van der Waals surface area contributed by atoms with Crippen LogP contribution in [-0.2, 0) is 34.3 Å². The first-order valence-corrected chi connectivity index (χ1v) is 9.54. The molecule has 2 aromatic heterocycles. The molecule has 9 nitrogen and oxygen atoms in total. The SMILES string of the molecule is COCCOCC(=O)N1CCc2c(c(-c3nncn3-c3ccccc3)nn2C)C1. The van der Waals surface area contributed by atoms with E-state index in [9.17, 15) is 4.79 Å². The molecule has 0 unspecified atom stereocenters. The smallest absolute Gasteiger partial charge is 0.248 e. The second kappa shape index (κ2) is 8.54. The average Bonchev–Trinajstić information content (AvgIpc) is 3.36. The summed E-state index contributed by atoms with van der Waals surface area (Å²) >= 11 is 0. The fraction of sp³-hybridized carbons (Fsp3) is 0.400. The van der Waals surface area contributed by atoms with Gasteiger partial charge in [0.2, 0.25) is 5.91 Å². The van der Waals surface area contributed by atoms with E-state index in [-0.39, 0.29) is 12.5 Å². The first-order valence-electron chi connectivity index (χ1n) is 9.54. The highest BCUT2D eigenvalue weighted by Crippen LogP contribution is 2.29. The molecular weight excluding hydrogens is 372 g/mol. The van der Waals surface area contributed by atoms with Gasteiger partial charge in [-0.15, -0.1) is 10.2 Å². The highest BCUT2D eigenvalue weighted by molar-refractivity contribution is 5.78. The zero-order valence-corrected chi connectivity index (χ0v) is 16.6. The first kappa shape index (κ1) is 19.3.